The van der Waals surface area contributed by atoms with Crippen LogP contribution in [-0.2, 0) is 0 Å². The van der Waals surface area contributed by atoms with Gasteiger partial charge in [-0.05, 0) is 48.6 Å². The van der Waals surface area contributed by atoms with Gasteiger partial charge >= 0.3 is 0 Å². The van der Waals surface area contributed by atoms with Gasteiger partial charge < -0.3 is 4.90 Å². The highest BCUT2D eigenvalue weighted by atomic mass is 32.2. The Balaban J connectivity index is 0.00000132. The number of rotatable bonds is 5. The van der Waals surface area contributed by atoms with Gasteiger partial charge in [0.15, 0.2) is 5.82 Å². The fourth-order valence-corrected chi connectivity index (χ4v) is 4.21. The first-order valence-electron chi connectivity index (χ1n) is 9.93. The lowest BCUT2D eigenvalue weighted by Crippen LogP contribution is -2.24. The van der Waals surface area contributed by atoms with Crippen molar-refractivity contribution in [3.63, 3.8) is 0 Å². The molecule has 31 heavy (non-hydrogen) atoms. The molecule has 1 aliphatic rings. The molecule has 1 fully saturated rings. The summed E-state index contributed by atoms with van der Waals surface area (Å²) < 4.78 is 33.4. The minimum atomic E-state index is -0.493. The van der Waals surface area contributed by atoms with Crippen molar-refractivity contribution in [2.24, 2.45) is 0 Å². The Hall–Kier alpha value is -3.05. The van der Waals surface area contributed by atoms with Crippen LogP contribution in [0.4, 0.5) is 14.5 Å². The number of amides is 1. The summed E-state index contributed by atoms with van der Waals surface area (Å²) in [6.45, 7) is 4.58. The second-order valence-corrected chi connectivity index (χ2v) is 8.75. The number of hydrogen-bond acceptors (Lipinski definition) is 4. The van der Waals surface area contributed by atoms with Crippen molar-refractivity contribution in [3.8, 4) is 12.8 Å². The van der Waals surface area contributed by atoms with Gasteiger partial charge in [-0.2, -0.15) is 5.10 Å². The van der Waals surface area contributed by atoms with Crippen molar-refractivity contribution in [1.82, 2.24) is 14.3 Å². The molecule has 1 atom stereocenters. The number of anilines is 1. The molecular formula is C23H24F2N4OS. The Labute approximate surface area is 185 Å². The summed E-state index contributed by atoms with van der Waals surface area (Å²) in [6, 6.07) is 7.99. The van der Waals surface area contributed by atoms with Gasteiger partial charge in [-0.15, -0.1) is 12.8 Å². The maximum Gasteiger partial charge on any atom is 0.265 e. The number of hydrogen-bond donors (Lipinski definition) is 1. The summed E-state index contributed by atoms with van der Waals surface area (Å²) in [5, 5.41) is 4.33. The molecule has 8 heteroatoms. The molecule has 1 N–H and O–H groups in total. The molecule has 0 unspecified atom stereocenters. The van der Waals surface area contributed by atoms with Crippen molar-refractivity contribution < 1.29 is 13.6 Å². The van der Waals surface area contributed by atoms with Crippen LogP contribution in [0.25, 0.3) is 5.52 Å². The Morgan fingerprint density at radius 1 is 1.29 bits per heavy atom. The molecule has 0 radical (unpaired) electrons. The number of benzene rings is 1. The quantitative estimate of drug-likeness (QED) is 0.447. The fraction of sp³-hybridized carbons (Fsp3) is 0.304. The van der Waals surface area contributed by atoms with Crippen LogP contribution in [-0.4, -0.2) is 27.3 Å². The number of nitrogens with one attached hydrogen (secondary N) is 1. The van der Waals surface area contributed by atoms with E-state index in [1.165, 1.54) is 34.8 Å². The van der Waals surface area contributed by atoms with Crippen LogP contribution in [0.1, 0.15) is 48.7 Å². The van der Waals surface area contributed by atoms with Crippen LogP contribution in [0.15, 0.2) is 42.7 Å². The monoisotopic (exact) mass is 442 g/mol. The lowest BCUT2D eigenvalue weighted by Gasteiger charge is -2.28. The zero-order valence-corrected chi connectivity index (χ0v) is 18.2. The second-order valence-electron chi connectivity index (χ2n) is 7.37. The fourth-order valence-electron chi connectivity index (χ4n) is 3.76. The Kier molecular flexibility index (Phi) is 7.18. The summed E-state index contributed by atoms with van der Waals surface area (Å²) in [5.41, 5.74) is 1.56. The zero-order chi connectivity index (χ0) is 22.5. The molecule has 5 nitrogen and oxygen atoms in total. The molecule has 1 amide bonds. The van der Waals surface area contributed by atoms with Crippen molar-refractivity contribution in [3.05, 3.63) is 65.5 Å². The van der Waals surface area contributed by atoms with Crippen LogP contribution in [0.5, 0.6) is 0 Å². The molecule has 0 bridgehead atoms. The van der Waals surface area contributed by atoms with E-state index in [2.05, 4.69) is 22.7 Å². The number of pyridine rings is 1. The first-order chi connectivity index (χ1) is 15.0. The molecule has 3 heterocycles. The van der Waals surface area contributed by atoms with E-state index in [9.17, 15) is 9.18 Å². The van der Waals surface area contributed by atoms with Gasteiger partial charge in [0.25, 0.3) is 5.91 Å². The van der Waals surface area contributed by atoms with E-state index in [1.807, 2.05) is 24.8 Å². The first-order valence-corrected chi connectivity index (χ1v) is 10.8. The highest BCUT2D eigenvalue weighted by Gasteiger charge is 2.30. The zero-order valence-electron chi connectivity index (χ0n) is 17.4. The molecule has 162 valence electrons. The van der Waals surface area contributed by atoms with Gasteiger partial charge in [-0.1, -0.05) is 26.0 Å². The van der Waals surface area contributed by atoms with E-state index < -0.39 is 5.82 Å². The van der Waals surface area contributed by atoms with Crippen LogP contribution in [0.2, 0.25) is 0 Å². The lowest BCUT2D eigenvalue weighted by molar-refractivity contribution is 0.0985. The Bertz CT molecular complexity index is 1100. The van der Waals surface area contributed by atoms with Crippen molar-refractivity contribution >= 4 is 29.1 Å². The summed E-state index contributed by atoms with van der Waals surface area (Å²) in [6.07, 6.45) is 12.7. The first kappa shape index (κ1) is 22.6. The summed E-state index contributed by atoms with van der Waals surface area (Å²) in [5.74, 6) is -1.17. The Morgan fingerprint density at radius 3 is 2.77 bits per heavy atom. The van der Waals surface area contributed by atoms with Gasteiger partial charge in [-0.25, -0.2) is 13.3 Å². The van der Waals surface area contributed by atoms with Gasteiger partial charge in [-0.3, -0.25) is 9.52 Å². The minimum Gasteiger partial charge on any atom is -0.362 e. The third-order valence-electron chi connectivity index (χ3n) is 5.03. The van der Waals surface area contributed by atoms with E-state index in [-0.39, 0.29) is 34.1 Å². The highest BCUT2D eigenvalue weighted by Crippen LogP contribution is 2.38. The number of nitrogens with zero attached hydrogens (tertiary/aromatic N) is 3. The van der Waals surface area contributed by atoms with E-state index in [0.29, 0.717) is 12.2 Å². The van der Waals surface area contributed by atoms with Gasteiger partial charge in [0.05, 0.1) is 23.5 Å². The standard InChI is InChI=1S/C21H22F2N4OS.C2H2/c1-13(2)29-25-21(28)16-12-24-27-10-8-18(19(23)20(16)27)26-9-4-7-17(26)14-5-3-6-15(22)11-14;1-2/h3,5-6,8,10-13,17H,4,7,9H2,1-2H3,(H,25,28);1-2H/t17-;/m1./s1. The molecule has 0 aliphatic carbocycles. The third kappa shape index (κ3) is 4.67. The normalized spacial score (nSPS) is 15.7. The van der Waals surface area contributed by atoms with Crippen LogP contribution < -0.4 is 9.62 Å². The number of carbonyl (C=O) groups excluding carboxylic acids is 1. The molecule has 4 rings (SSSR count). The van der Waals surface area contributed by atoms with Gasteiger partial charge in [0.2, 0.25) is 0 Å². The predicted molar refractivity (Wildman–Crippen MR) is 121 cm³/mol. The van der Waals surface area contributed by atoms with Crippen molar-refractivity contribution in [1.29, 1.82) is 0 Å². The summed E-state index contributed by atoms with van der Waals surface area (Å²) >= 11 is 1.28. The van der Waals surface area contributed by atoms with Crippen molar-refractivity contribution in [2.45, 2.75) is 38.0 Å². The topological polar surface area (TPSA) is 49.6 Å². The largest absolute Gasteiger partial charge is 0.362 e. The van der Waals surface area contributed by atoms with Gasteiger partial charge in [0.1, 0.15) is 11.3 Å². The van der Waals surface area contributed by atoms with E-state index in [1.54, 1.807) is 18.3 Å². The molecule has 0 saturated carbocycles. The maximum atomic E-state index is 15.6. The molecule has 1 aliphatic heterocycles. The SMILES string of the molecule is C#C.CC(C)SNC(=O)c1cnn2ccc(N3CCC[C@@H]3c3cccc(F)c3)c(F)c12. The molecular weight excluding hydrogens is 418 g/mol. The number of fused-ring (bicyclic) bond motifs is 1. The molecule has 3 aromatic rings. The van der Waals surface area contributed by atoms with E-state index in [4.69, 9.17) is 0 Å². The van der Waals surface area contributed by atoms with Crippen LogP contribution in [0, 0.1) is 24.5 Å². The number of halogens is 2. The molecule has 0 spiro atoms. The van der Waals surface area contributed by atoms with E-state index in [0.717, 1.165) is 18.4 Å². The van der Waals surface area contributed by atoms with Crippen molar-refractivity contribution in [2.75, 3.05) is 11.4 Å². The van der Waals surface area contributed by atoms with Gasteiger partial charge in [0, 0.05) is 18.0 Å². The second kappa shape index (κ2) is 9.84. The number of aromatic nitrogens is 2. The van der Waals surface area contributed by atoms with Crippen LogP contribution in [0.3, 0.4) is 0 Å². The van der Waals surface area contributed by atoms with E-state index >= 15 is 4.39 Å². The molecule has 1 saturated heterocycles. The Morgan fingerprint density at radius 2 is 2.06 bits per heavy atom. The predicted octanol–water partition coefficient (Wildman–Crippen LogP) is 4.99. The lowest BCUT2D eigenvalue weighted by atomic mass is 10.0. The average Bonchev–Trinajstić information content (AvgIpc) is 3.41. The summed E-state index contributed by atoms with van der Waals surface area (Å²) in [4.78, 5) is 14.5. The molecule has 1 aromatic carbocycles. The maximum absolute atomic E-state index is 15.6. The van der Waals surface area contributed by atoms with Crippen LogP contribution >= 0.6 is 11.9 Å². The average molecular weight is 443 g/mol. The summed E-state index contributed by atoms with van der Waals surface area (Å²) in [7, 11) is 0. The highest BCUT2D eigenvalue weighted by molar-refractivity contribution is 7.98. The third-order valence-corrected chi connectivity index (χ3v) is 5.80. The minimum absolute atomic E-state index is 0.112. The number of carbonyl (C=O) groups is 1. The smallest absolute Gasteiger partial charge is 0.265 e. The number of terminal acetylenes is 1. The molecule has 2 aromatic heterocycles.